The molecule has 3 heterocycles. The molecule has 0 radical (unpaired) electrons. The molecule has 2 atom stereocenters. The molecule has 46 heavy (non-hydrogen) atoms. The van der Waals surface area contributed by atoms with Gasteiger partial charge in [-0.2, -0.15) is 0 Å². The second-order valence-electron chi connectivity index (χ2n) is 11.7. The number of nitrogens with one attached hydrogen (secondary N) is 1. The Hall–Kier alpha value is -4.83. The summed E-state index contributed by atoms with van der Waals surface area (Å²) in [7, 11) is 0. The van der Waals surface area contributed by atoms with Gasteiger partial charge in [-0.25, -0.2) is 9.79 Å². The van der Waals surface area contributed by atoms with E-state index in [9.17, 15) is 14.4 Å². The SMILES string of the molecule is O=C(Nc1ccc(C2S/C(=N\c3ccc4c(c3)CCC4)N(Cc3ccco3)C2=O)cc1)[C@@H]1CCCN1C(=O)OCc1ccccc1. The van der Waals surface area contributed by atoms with Gasteiger partial charge >= 0.3 is 6.09 Å². The van der Waals surface area contributed by atoms with Crippen LogP contribution in [-0.2, 0) is 40.3 Å². The highest BCUT2D eigenvalue weighted by molar-refractivity contribution is 8.15. The number of likely N-dealkylation sites (tertiary alicyclic amines) is 1. The van der Waals surface area contributed by atoms with Crippen molar-refractivity contribution in [3.05, 3.63) is 119 Å². The number of amides is 3. The lowest BCUT2D eigenvalue weighted by Gasteiger charge is -2.23. The maximum atomic E-state index is 13.8. The van der Waals surface area contributed by atoms with Crippen molar-refractivity contribution in [1.29, 1.82) is 0 Å². The van der Waals surface area contributed by atoms with E-state index in [0.29, 0.717) is 36.1 Å². The smallest absolute Gasteiger partial charge is 0.410 e. The number of ether oxygens (including phenoxy) is 1. The number of aliphatic imine (C=N–C) groups is 1. The minimum Gasteiger partial charge on any atom is -0.467 e. The van der Waals surface area contributed by atoms with Gasteiger partial charge in [0.15, 0.2) is 5.17 Å². The summed E-state index contributed by atoms with van der Waals surface area (Å²) in [5, 5.41) is 3.08. The molecule has 7 rings (SSSR count). The van der Waals surface area contributed by atoms with Crippen LogP contribution in [0, 0.1) is 0 Å². The Kier molecular flexibility index (Phi) is 8.61. The summed E-state index contributed by atoms with van der Waals surface area (Å²) in [6.45, 7) is 0.914. The molecular formula is C36H34N4O5S. The van der Waals surface area contributed by atoms with Gasteiger partial charge in [-0.3, -0.25) is 19.4 Å². The number of fused-ring (bicyclic) bond motifs is 1. The third kappa shape index (κ3) is 6.44. The topological polar surface area (TPSA) is 104 Å². The van der Waals surface area contributed by atoms with Crippen LogP contribution in [0.15, 0.2) is 101 Å². The van der Waals surface area contributed by atoms with Crippen LogP contribution in [0.2, 0.25) is 0 Å². The Morgan fingerprint density at radius 3 is 2.59 bits per heavy atom. The Balaban J connectivity index is 1.03. The van der Waals surface area contributed by atoms with Crippen LogP contribution < -0.4 is 5.32 Å². The minimum atomic E-state index is -0.608. The summed E-state index contributed by atoms with van der Waals surface area (Å²) in [6, 6.07) is 26.1. The summed E-state index contributed by atoms with van der Waals surface area (Å²) < 4.78 is 11.0. The van der Waals surface area contributed by atoms with Gasteiger partial charge in [0, 0.05) is 12.2 Å². The normalized spacial score (nSPS) is 19.9. The molecule has 0 saturated carbocycles. The van der Waals surface area contributed by atoms with Gasteiger partial charge < -0.3 is 14.5 Å². The van der Waals surface area contributed by atoms with E-state index < -0.39 is 17.4 Å². The third-order valence-electron chi connectivity index (χ3n) is 8.62. The number of aryl methyl sites for hydroxylation is 2. The van der Waals surface area contributed by atoms with Gasteiger partial charge in [0.05, 0.1) is 18.5 Å². The van der Waals surface area contributed by atoms with Crippen LogP contribution >= 0.6 is 11.8 Å². The molecule has 234 valence electrons. The molecule has 1 unspecified atom stereocenters. The Bertz CT molecular complexity index is 1760. The monoisotopic (exact) mass is 634 g/mol. The van der Waals surface area contributed by atoms with Gasteiger partial charge in [-0.05, 0) is 90.8 Å². The van der Waals surface area contributed by atoms with E-state index in [0.717, 1.165) is 42.5 Å². The first-order valence-corrected chi connectivity index (χ1v) is 16.5. The second-order valence-corrected chi connectivity index (χ2v) is 12.8. The average Bonchev–Trinajstić information content (AvgIpc) is 3.90. The number of carbonyl (C=O) groups is 3. The zero-order valence-corrected chi connectivity index (χ0v) is 26.1. The maximum Gasteiger partial charge on any atom is 0.410 e. The third-order valence-corrected chi connectivity index (χ3v) is 9.85. The first-order chi connectivity index (χ1) is 22.5. The van der Waals surface area contributed by atoms with Crippen molar-refractivity contribution in [3.8, 4) is 0 Å². The van der Waals surface area contributed by atoms with Crippen molar-refractivity contribution in [2.45, 2.75) is 56.5 Å². The van der Waals surface area contributed by atoms with Gasteiger partial charge in [0.1, 0.15) is 23.7 Å². The largest absolute Gasteiger partial charge is 0.467 e. The van der Waals surface area contributed by atoms with E-state index in [1.165, 1.54) is 27.8 Å². The molecule has 1 aliphatic carbocycles. The number of amidine groups is 1. The molecule has 3 aliphatic rings. The van der Waals surface area contributed by atoms with Gasteiger partial charge in [0.2, 0.25) is 11.8 Å². The van der Waals surface area contributed by atoms with Crippen LogP contribution in [0.3, 0.4) is 0 Å². The van der Waals surface area contributed by atoms with E-state index in [1.54, 1.807) is 23.3 Å². The number of hydrogen-bond donors (Lipinski definition) is 1. The quantitative estimate of drug-likeness (QED) is 0.224. The lowest BCUT2D eigenvalue weighted by Crippen LogP contribution is -2.43. The molecule has 1 aromatic heterocycles. The highest BCUT2D eigenvalue weighted by Gasteiger charge is 2.40. The molecule has 2 aliphatic heterocycles. The second kappa shape index (κ2) is 13.3. The molecular weight excluding hydrogens is 600 g/mol. The van der Waals surface area contributed by atoms with Crippen LogP contribution in [0.5, 0.6) is 0 Å². The maximum absolute atomic E-state index is 13.8. The first kappa shape index (κ1) is 29.9. The predicted molar refractivity (Wildman–Crippen MR) is 177 cm³/mol. The fraction of sp³-hybridized carbons (Fsp3) is 0.278. The number of nitrogens with zero attached hydrogens (tertiary/aromatic N) is 3. The molecule has 9 nitrogen and oxygen atoms in total. The summed E-state index contributed by atoms with van der Waals surface area (Å²) >= 11 is 1.42. The summed E-state index contributed by atoms with van der Waals surface area (Å²) in [5.41, 5.74) is 5.83. The Morgan fingerprint density at radius 2 is 1.78 bits per heavy atom. The molecule has 0 bridgehead atoms. The molecule has 1 N–H and O–H groups in total. The van der Waals surface area contributed by atoms with E-state index in [4.69, 9.17) is 14.1 Å². The number of hydrogen-bond acceptors (Lipinski definition) is 7. The van der Waals surface area contributed by atoms with Crippen LogP contribution in [0.4, 0.5) is 16.2 Å². The van der Waals surface area contributed by atoms with Crippen molar-refractivity contribution in [2.24, 2.45) is 4.99 Å². The fourth-order valence-electron chi connectivity index (χ4n) is 6.22. The predicted octanol–water partition coefficient (Wildman–Crippen LogP) is 7.01. The first-order valence-electron chi connectivity index (χ1n) is 15.6. The molecule has 0 spiro atoms. The molecule has 2 fully saturated rings. The van der Waals surface area contributed by atoms with Crippen LogP contribution in [-0.4, -0.2) is 45.5 Å². The van der Waals surface area contributed by atoms with Crippen molar-refractivity contribution in [2.75, 3.05) is 11.9 Å². The zero-order valence-electron chi connectivity index (χ0n) is 25.3. The number of furan rings is 1. The molecule has 3 aromatic carbocycles. The Labute approximate surface area is 271 Å². The number of thioether (sulfide) groups is 1. The van der Waals surface area contributed by atoms with Crippen molar-refractivity contribution >= 4 is 46.2 Å². The van der Waals surface area contributed by atoms with E-state index >= 15 is 0 Å². The molecule has 4 aromatic rings. The lowest BCUT2D eigenvalue weighted by atomic mass is 10.1. The average molecular weight is 635 g/mol. The lowest BCUT2D eigenvalue weighted by molar-refractivity contribution is -0.126. The number of benzene rings is 3. The van der Waals surface area contributed by atoms with Gasteiger partial charge in [0.25, 0.3) is 0 Å². The van der Waals surface area contributed by atoms with Gasteiger partial charge in [-0.15, -0.1) is 0 Å². The summed E-state index contributed by atoms with van der Waals surface area (Å²) in [6.07, 6.45) is 5.71. The van der Waals surface area contributed by atoms with E-state index in [1.807, 2.05) is 60.7 Å². The zero-order chi connectivity index (χ0) is 31.5. The number of anilines is 1. The van der Waals surface area contributed by atoms with Gasteiger partial charge in [-0.1, -0.05) is 60.3 Å². The fourth-order valence-corrected chi connectivity index (χ4v) is 7.39. The summed E-state index contributed by atoms with van der Waals surface area (Å²) in [4.78, 5) is 47.9. The Morgan fingerprint density at radius 1 is 0.957 bits per heavy atom. The van der Waals surface area contributed by atoms with Crippen LogP contribution in [0.25, 0.3) is 0 Å². The van der Waals surface area contributed by atoms with E-state index in [2.05, 4.69) is 17.4 Å². The van der Waals surface area contributed by atoms with Crippen molar-refractivity contribution in [1.82, 2.24) is 9.80 Å². The van der Waals surface area contributed by atoms with E-state index in [-0.39, 0.29) is 18.4 Å². The number of rotatable bonds is 8. The number of carbonyl (C=O) groups excluding carboxylic acids is 3. The highest BCUT2D eigenvalue weighted by Crippen LogP contribution is 2.42. The standard InChI is InChI=1S/C36H34N4O5S/c41-33(31-12-5-19-39(31)36(43)45-23-24-7-2-1-3-8-24)37-28-16-14-26(15-17-28)32-34(42)40(22-30-11-6-20-44-30)35(46-32)38-29-18-13-25-9-4-10-27(25)21-29/h1-3,6-8,11,13-18,20-21,31-32H,4-5,9-10,12,19,22-23H2,(H,37,41)/b38-35-/t31-,32?/m0/s1. The van der Waals surface area contributed by atoms with Crippen molar-refractivity contribution < 1.29 is 23.5 Å². The molecule has 10 heteroatoms. The van der Waals surface area contributed by atoms with Crippen molar-refractivity contribution in [3.63, 3.8) is 0 Å². The minimum absolute atomic E-state index is 0.0753. The molecule has 3 amide bonds. The molecule has 2 saturated heterocycles. The highest BCUT2D eigenvalue weighted by atomic mass is 32.2. The summed E-state index contributed by atoms with van der Waals surface area (Å²) in [5.74, 6) is 0.342. The van der Waals surface area contributed by atoms with Crippen LogP contribution in [0.1, 0.15) is 52.5 Å².